The topological polar surface area (TPSA) is 75.1 Å². The number of benzene rings is 1. The van der Waals surface area contributed by atoms with Crippen LogP contribution in [0.25, 0.3) is 0 Å². The number of nitrogens with one attached hydrogen (secondary N) is 1. The van der Waals surface area contributed by atoms with Gasteiger partial charge in [-0.05, 0) is 29.7 Å². The van der Waals surface area contributed by atoms with Crippen LogP contribution in [0.15, 0.2) is 24.4 Å². The van der Waals surface area contributed by atoms with Crippen LogP contribution in [-0.2, 0) is 0 Å². The molecule has 2 aromatic rings. The predicted octanol–water partition coefficient (Wildman–Crippen LogP) is 2.18. The molecule has 0 bridgehead atoms. The SMILES string of the molecule is O=C(Nc1cc(C#CCCO)ccc1Cl)c1cnns1. The molecule has 7 heteroatoms. The lowest BCUT2D eigenvalue weighted by Gasteiger charge is -2.06. The molecule has 2 rings (SSSR count). The number of hydrogen-bond acceptors (Lipinski definition) is 5. The van der Waals surface area contributed by atoms with Crippen molar-refractivity contribution < 1.29 is 9.90 Å². The Balaban J connectivity index is 2.17. The molecule has 0 aliphatic carbocycles. The van der Waals surface area contributed by atoms with Gasteiger partial charge in [0.15, 0.2) is 0 Å². The molecule has 1 aromatic carbocycles. The van der Waals surface area contributed by atoms with Gasteiger partial charge < -0.3 is 10.4 Å². The second kappa shape index (κ2) is 7.01. The van der Waals surface area contributed by atoms with Crippen molar-refractivity contribution in [3.05, 3.63) is 39.9 Å². The molecule has 0 atom stereocenters. The number of nitrogens with zero attached hydrogens (tertiary/aromatic N) is 2. The largest absolute Gasteiger partial charge is 0.395 e. The van der Waals surface area contributed by atoms with Crippen LogP contribution in [0.1, 0.15) is 21.7 Å². The van der Waals surface area contributed by atoms with E-state index in [9.17, 15) is 4.79 Å². The van der Waals surface area contributed by atoms with Gasteiger partial charge in [-0.3, -0.25) is 4.79 Å². The van der Waals surface area contributed by atoms with Gasteiger partial charge in [0.25, 0.3) is 5.91 Å². The lowest BCUT2D eigenvalue weighted by molar-refractivity contribution is 0.103. The van der Waals surface area contributed by atoms with Gasteiger partial charge in [-0.2, -0.15) is 0 Å². The summed E-state index contributed by atoms with van der Waals surface area (Å²) in [7, 11) is 0. The molecule has 0 saturated heterocycles. The number of carbonyl (C=O) groups excluding carboxylic acids is 1. The Labute approximate surface area is 124 Å². The van der Waals surface area contributed by atoms with Crippen LogP contribution in [0, 0.1) is 11.8 Å². The van der Waals surface area contributed by atoms with Crippen LogP contribution in [0.5, 0.6) is 0 Å². The van der Waals surface area contributed by atoms with Crippen molar-refractivity contribution >= 4 is 34.7 Å². The van der Waals surface area contributed by atoms with Crippen molar-refractivity contribution in [1.82, 2.24) is 9.59 Å². The summed E-state index contributed by atoms with van der Waals surface area (Å²) >= 11 is 7.04. The summed E-state index contributed by atoms with van der Waals surface area (Å²) in [6.07, 6.45) is 1.79. The fraction of sp³-hybridized carbons (Fsp3) is 0.154. The summed E-state index contributed by atoms with van der Waals surface area (Å²) in [5, 5.41) is 15.4. The van der Waals surface area contributed by atoms with Crippen LogP contribution in [0.2, 0.25) is 5.02 Å². The lowest BCUT2D eigenvalue weighted by Crippen LogP contribution is -2.10. The van der Waals surface area contributed by atoms with Gasteiger partial charge >= 0.3 is 0 Å². The molecule has 20 heavy (non-hydrogen) atoms. The Morgan fingerprint density at radius 3 is 3.05 bits per heavy atom. The smallest absolute Gasteiger partial charge is 0.269 e. The molecule has 0 fully saturated rings. The molecule has 1 heterocycles. The summed E-state index contributed by atoms with van der Waals surface area (Å²) in [4.78, 5) is 12.3. The highest BCUT2D eigenvalue weighted by atomic mass is 35.5. The average Bonchev–Trinajstić information content (AvgIpc) is 2.97. The maximum atomic E-state index is 11.9. The quantitative estimate of drug-likeness (QED) is 0.852. The Morgan fingerprint density at radius 2 is 2.35 bits per heavy atom. The molecule has 0 aliphatic heterocycles. The van der Waals surface area contributed by atoms with Crippen LogP contribution >= 0.6 is 23.1 Å². The number of rotatable bonds is 3. The molecule has 102 valence electrons. The summed E-state index contributed by atoms with van der Waals surface area (Å²) in [6, 6.07) is 5.08. The van der Waals surface area contributed by atoms with E-state index in [4.69, 9.17) is 16.7 Å². The van der Waals surface area contributed by atoms with E-state index >= 15 is 0 Å². The third-order valence-electron chi connectivity index (χ3n) is 2.27. The zero-order valence-electron chi connectivity index (χ0n) is 10.3. The molecule has 0 spiro atoms. The minimum Gasteiger partial charge on any atom is -0.395 e. The van der Waals surface area contributed by atoms with E-state index in [0.717, 1.165) is 11.5 Å². The van der Waals surface area contributed by atoms with E-state index in [1.165, 1.54) is 6.20 Å². The summed E-state index contributed by atoms with van der Waals surface area (Å²) in [5.41, 5.74) is 1.18. The standard InChI is InChI=1S/C13H10ClN3O2S/c14-10-5-4-9(3-1-2-6-18)7-11(10)16-13(19)12-8-15-17-20-12/h4-5,7-8,18H,2,6H2,(H,16,19). The van der Waals surface area contributed by atoms with Gasteiger partial charge in [0.05, 0.1) is 23.5 Å². The predicted molar refractivity (Wildman–Crippen MR) is 77.9 cm³/mol. The summed E-state index contributed by atoms with van der Waals surface area (Å²) in [6.45, 7) is 0.0164. The number of carbonyl (C=O) groups is 1. The number of aromatic nitrogens is 2. The number of amides is 1. The molecule has 1 amide bonds. The van der Waals surface area contributed by atoms with Gasteiger partial charge in [-0.1, -0.05) is 27.9 Å². The molecule has 5 nitrogen and oxygen atoms in total. The van der Waals surface area contributed by atoms with Crippen molar-refractivity contribution in [1.29, 1.82) is 0 Å². The highest BCUT2D eigenvalue weighted by molar-refractivity contribution is 7.07. The molecule has 1 aromatic heterocycles. The second-order valence-electron chi connectivity index (χ2n) is 3.71. The minimum atomic E-state index is -0.317. The first-order chi connectivity index (χ1) is 9.70. The normalized spacial score (nSPS) is 9.70. The molecule has 2 N–H and O–H groups in total. The van der Waals surface area contributed by atoms with Gasteiger partial charge in [0.2, 0.25) is 0 Å². The average molecular weight is 308 g/mol. The fourth-order valence-electron chi connectivity index (χ4n) is 1.37. The maximum absolute atomic E-state index is 11.9. The molecule has 0 saturated carbocycles. The first-order valence-electron chi connectivity index (χ1n) is 5.68. The lowest BCUT2D eigenvalue weighted by atomic mass is 10.2. The fourth-order valence-corrected chi connectivity index (χ4v) is 1.95. The van der Waals surface area contributed by atoms with E-state index in [0.29, 0.717) is 27.6 Å². The van der Waals surface area contributed by atoms with Crippen molar-refractivity contribution in [3.63, 3.8) is 0 Å². The molecule has 0 radical (unpaired) electrons. The number of aliphatic hydroxyl groups excluding tert-OH is 1. The van der Waals surface area contributed by atoms with Crippen LogP contribution < -0.4 is 5.32 Å². The van der Waals surface area contributed by atoms with Gasteiger partial charge in [0.1, 0.15) is 4.88 Å². The highest BCUT2D eigenvalue weighted by Crippen LogP contribution is 2.23. The van der Waals surface area contributed by atoms with E-state index in [1.807, 2.05) is 0 Å². The van der Waals surface area contributed by atoms with Gasteiger partial charge in [0, 0.05) is 12.0 Å². The zero-order valence-corrected chi connectivity index (χ0v) is 11.8. The maximum Gasteiger partial charge on any atom is 0.269 e. The first kappa shape index (κ1) is 14.5. The zero-order chi connectivity index (χ0) is 14.4. The molecule has 0 unspecified atom stereocenters. The van der Waals surface area contributed by atoms with Crippen molar-refractivity contribution in [3.8, 4) is 11.8 Å². The molecular formula is C13H10ClN3O2S. The van der Waals surface area contributed by atoms with Crippen LogP contribution in [0.4, 0.5) is 5.69 Å². The Bertz CT molecular complexity index is 662. The van der Waals surface area contributed by atoms with E-state index in [2.05, 4.69) is 26.7 Å². The van der Waals surface area contributed by atoms with Crippen molar-refractivity contribution in [2.24, 2.45) is 0 Å². The highest BCUT2D eigenvalue weighted by Gasteiger charge is 2.11. The Hall–Kier alpha value is -1.94. The minimum absolute atomic E-state index is 0.0164. The molecule has 0 aliphatic rings. The van der Waals surface area contributed by atoms with E-state index in [-0.39, 0.29) is 12.5 Å². The Morgan fingerprint density at radius 1 is 1.50 bits per heavy atom. The summed E-state index contributed by atoms with van der Waals surface area (Å²) in [5.74, 6) is 5.37. The molecular weight excluding hydrogens is 298 g/mol. The summed E-state index contributed by atoms with van der Waals surface area (Å²) < 4.78 is 3.63. The number of aliphatic hydroxyl groups is 1. The first-order valence-corrected chi connectivity index (χ1v) is 6.84. The van der Waals surface area contributed by atoms with Crippen LogP contribution in [0.3, 0.4) is 0 Å². The second-order valence-corrected chi connectivity index (χ2v) is 4.90. The number of halogens is 1. The monoisotopic (exact) mass is 307 g/mol. The van der Waals surface area contributed by atoms with Crippen molar-refractivity contribution in [2.45, 2.75) is 6.42 Å². The van der Waals surface area contributed by atoms with Gasteiger partial charge in [-0.15, -0.1) is 5.10 Å². The Kier molecular flexibility index (Phi) is 5.07. The third kappa shape index (κ3) is 3.78. The van der Waals surface area contributed by atoms with Crippen molar-refractivity contribution in [2.75, 3.05) is 11.9 Å². The number of hydrogen-bond donors (Lipinski definition) is 2. The van der Waals surface area contributed by atoms with Gasteiger partial charge in [-0.25, -0.2) is 0 Å². The van der Waals surface area contributed by atoms with E-state index < -0.39 is 0 Å². The number of anilines is 1. The van der Waals surface area contributed by atoms with Crippen LogP contribution in [-0.4, -0.2) is 27.2 Å². The third-order valence-corrected chi connectivity index (χ3v) is 3.26. The van der Waals surface area contributed by atoms with E-state index in [1.54, 1.807) is 18.2 Å².